The van der Waals surface area contributed by atoms with Gasteiger partial charge in [-0.3, -0.25) is 0 Å². The van der Waals surface area contributed by atoms with Crippen molar-refractivity contribution in [2.75, 3.05) is 21.3 Å². The SMILES string of the molecule is COc1cc2c(cc1O)C(OC)(OC)CCCC2. The predicted octanol–water partition coefficient (Wildman–Crippen LogP) is 2.57. The number of phenols is 1. The molecule has 100 valence electrons. The summed E-state index contributed by atoms with van der Waals surface area (Å²) >= 11 is 0. The largest absolute Gasteiger partial charge is 0.504 e. The van der Waals surface area contributed by atoms with Crippen LogP contribution in [0.15, 0.2) is 12.1 Å². The van der Waals surface area contributed by atoms with Gasteiger partial charge in [-0.15, -0.1) is 0 Å². The third-order valence-electron chi connectivity index (χ3n) is 3.68. The van der Waals surface area contributed by atoms with Gasteiger partial charge in [0, 0.05) is 26.2 Å². The lowest BCUT2D eigenvalue weighted by Gasteiger charge is -2.31. The molecule has 4 nitrogen and oxygen atoms in total. The second kappa shape index (κ2) is 5.16. The maximum atomic E-state index is 9.95. The second-order valence-electron chi connectivity index (χ2n) is 4.55. The molecule has 0 heterocycles. The number of methoxy groups -OCH3 is 3. The van der Waals surface area contributed by atoms with E-state index in [0.29, 0.717) is 5.75 Å². The van der Waals surface area contributed by atoms with Gasteiger partial charge >= 0.3 is 0 Å². The minimum Gasteiger partial charge on any atom is -0.504 e. The molecule has 0 amide bonds. The van der Waals surface area contributed by atoms with Gasteiger partial charge < -0.3 is 19.3 Å². The van der Waals surface area contributed by atoms with Crippen molar-refractivity contribution in [1.29, 1.82) is 0 Å². The molecule has 0 spiro atoms. The van der Waals surface area contributed by atoms with Crippen LogP contribution in [-0.2, 0) is 21.7 Å². The van der Waals surface area contributed by atoms with Gasteiger partial charge in [0.25, 0.3) is 0 Å². The fourth-order valence-electron chi connectivity index (χ4n) is 2.65. The van der Waals surface area contributed by atoms with Crippen LogP contribution in [0.25, 0.3) is 0 Å². The number of benzene rings is 1. The standard InChI is InChI=1S/C14H20O4/c1-16-13-8-10-6-4-5-7-14(17-2,18-3)11(10)9-12(13)15/h8-9,15H,4-7H2,1-3H3. The summed E-state index contributed by atoms with van der Waals surface area (Å²) in [6.45, 7) is 0. The van der Waals surface area contributed by atoms with Gasteiger partial charge in [0.05, 0.1) is 7.11 Å². The Morgan fingerprint density at radius 3 is 2.44 bits per heavy atom. The Bertz CT molecular complexity index is 424. The van der Waals surface area contributed by atoms with Crippen molar-refractivity contribution in [2.24, 2.45) is 0 Å². The fourth-order valence-corrected chi connectivity index (χ4v) is 2.65. The van der Waals surface area contributed by atoms with E-state index in [2.05, 4.69) is 0 Å². The lowest BCUT2D eigenvalue weighted by molar-refractivity contribution is -0.220. The highest BCUT2D eigenvalue weighted by Gasteiger charge is 2.36. The molecule has 2 rings (SSSR count). The molecule has 0 unspecified atom stereocenters. The number of phenolic OH excluding ortho intramolecular Hbond substituents is 1. The number of ether oxygens (including phenoxy) is 3. The number of hydrogen-bond donors (Lipinski definition) is 1. The molecule has 0 aromatic heterocycles. The first kappa shape index (κ1) is 13.2. The second-order valence-corrected chi connectivity index (χ2v) is 4.55. The molecule has 1 N–H and O–H groups in total. The first-order valence-electron chi connectivity index (χ1n) is 6.17. The minimum atomic E-state index is -0.754. The van der Waals surface area contributed by atoms with Gasteiger partial charge in [-0.1, -0.05) is 0 Å². The highest BCUT2D eigenvalue weighted by Crippen LogP contribution is 2.42. The van der Waals surface area contributed by atoms with Crippen molar-refractivity contribution in [3.63, 3.8) is 0 Å². The highest BCUT2D eigenvalue weighted by atomic mass is 16.7. The van der Waals surface area contributed by atoms with Crippen LogP contribution < -0.4 is 4.74 Å². The highest BCUT2D eigenvalue weighted by molar-refractivity contribution is 5.48. The van der Waals surface area contributed by atoms with Gasteiger partial charge in [-0.25, -0.2) is 0 Å². The summed E-state index contributed by atoms with van der Waals surface area (Å²) in [6.07, 6.45) is 3.84. The smallest absolute Gasteiger partial charge is 0.194 e. The molecular formula is C14H20O4. The van der Waals surface area contributed by atoms with Crippen molar-refractivity contribution in [3.8, 4) is 11.5 Å². The summed E-state index contributed by atoms with van der Waals surface area (Å²) in [4.78, 5) is 0. The molecule has 4 heteroatoms. The Kier molecular flexibility index (Phi) is 3.78. The van der Waals surface area contributed by atoms with Gasteiger partial charge in [-0.05, 0) is 37.0 Å². The van der Waals surface area contributed by atoms with Crippen LogP contribution >= 0.6 is 0 Å². The topological polar surface area (TPSA) is 47.9 Å². The van der Waals surface area contributed by atoms with E-state index in [9.17, 15) is 5.11 Å². The van der Waals surface area contributed by atoms with Crippen molar-refractivity contribution in [3.05, 3.63) is 23.3 Å². The third-order valence-corrected chi connectivity index (χ3v) is 3.68. The fraction of sp³-hybridized carbons (Fsp3) is 0.571. The van der Waals surface area contributed by atoms with E-state index in [1.807, 2.05) is 6.07 Å². The maximum Gasteiger partial charge on any atom is 0.194 e. The summed E-state index contributed by atoms with van der Waals surface area (Å²) < 4.78 is 16.3. The molecule has 0 bridgehead atoms. The van der Waals surface area contributed by atoms with Crippen LogP contribution in [0.2, 0.25) is 0 Å². The van der Waals surface area contributed by atoms with Crippen molar-refractivity contribution in [1.82, 2.24) is 0 Å². The molecule has 1 aromatic carbocycles. The van der Waals surface area contributed by atoms with Gasteiger partial charge in [-0.2, -0.15) is 0 Å². The first-order valence-corrected chi connectivity index (χ1v) is 6.17. The van der Waals surface area contributed by atoms with E-state index in [4.69, 9.17) is 14.2 Å². The van der Waals surface area contributed by atoms with Crippen LogP contribution in [-0.4, -0.2) is 26.4 Å². The van der Waals surface area contributed by atoms with Crippen molar-refractivity contribution in [2.45, 2.75) is 31.5 Å². The molecule has 18 heavy (non-hydrogen) atoms. The lowest BCUT2D eigenvalue weighted by atomic mass is 9.97. The molecular weight excluding hydrogens is 232 g/mol. The predicted molar refractivity (Wildman–Crippen MR) is 67.9 cm³/mol. The summed E-state index contributed by atoms with van der Waals surface area (Å²) in [5, 5.41) is 9.95. The Morgan fingerprint density at radius 2 is 1.83 bits per heavy atom. The zero-order chi connectivity index (χ0) is 13.2. The summed E-state index contributed by atoms with van der Waals surface area (Å²) in [5.74, 6) is -0.136. The van der Waals surface area contributed by atoms with E-state index in [1.165, 1.54) is 0 Å². The van der Waals surface area contributed by atoms with E-state index >= 15 is 0 Å². The quantitative estimate of drug-likeness (QED) is 0.663. The van der Waals surface area contributed by atoms with Crippen LogP contribution in [0.3, 0.4) is 0 Å². The van der Waals surface area contributed by atoms with Crippen LogP contribution in [0.4, 0.5) is 0 Å². The maximum absolute atomic E-state index is 9.95. The lowest BCUT2D eigenvalue weighted by Crippen LogP contribution is -2.31. The first-order chi connectivity index (χ1) is 8.66. The van der Waals surface area contributed by atoms with Gasteiger partial charge in [0.2, 0.25) is 0 Å². The molecule has 0 fully saturated rings. The Balaban J connectivity index is 2.57. The minimum absolute atomic E-state index is 0.122. The Morgan fingerprint density at radius 1 is 1.11 bits per heavy atom. The molecule has 1 aliphatic rings. The number of aromatic hydroxyl groups is 1. The summed E-state index contributed by atoms with van der Waals surface area (Å²) in [6, 6.07) is 3.58. The third kappa shape index (κ3) is 2.06. The van der Waals surface area contributed by atoms with Crippen molar-refractivity contribution >= 4 is 0 Å². The average Bonchev–Trinajstić information content (AvgIpc) is 2.57. The van der Waals surface area contributed by atoms with E-state index < -0.39 is 5.79 Å². The van der Waals surface area contributed by atoms with Gasteiger partial charge in [0.1, 0.15) is 0 Å². The Labute approximate surface area is 107 Å². The number of rotatable bonds is 3. The van der Waals surface area contributed by atoms with E-state index in [0.717, 1.165) is 36.8 Å². The number of hydrogen-bond acceptors (Lipinski definition) is 4. The summed E-state index contributed by atoms with van der Waals surface area (Å²) in [5.41, 5.74) is 2.02. The van der Waals surface area contributed by atoms with Crippen LogP contribution in [0.1, 0.15) is 30.4 Å². The average molecular weight is 252 g/mol. The van der Waals surface area contributed by atoms with E-state index in [-0.39, 0.29) is 5.75 Å². The van der Waals surface area contributed by atoms with Crippen LogP contribution in [0.5, 0.6) is 11.5 Å². The molecule has 1 aromatic rings. The molecule has 0 saturated carbocycles. The molecule has 0 saturated heterocycles. The monoisotopic (exact) mass is 252 g/mol. The molecule has 0 aliphatic heterocycles. The normalized spacial score (nSPS) is 17.9. The number of fused-ring (bicyclic) bond motifs is 1. The number of aryl methyl sites for hydroxylation is 1. The zero-order valence-electron chi connectivity index (χ0n) is 11.2. The summed E-state index contributed by atoms with van der Waals surface area (Å²) in [7, 11) is 4.83. The molecule has 0 radical (unpaired) electrons. The Hall–Kier alpha value is -1.26. The van der Waals surface area contributed by atoms with Crippen LogP contribution in [0, 0.1) is 0 Å². The molecule has 0 atom stereocenters. The van der Waals surface area contributed by atoms with E-state index in [1.54, 1.807) is 27.4 Å². The van der Waals surface area contributed by atoms with Crippen molar-refractivity contribution < 1.29 is 19.3 Å². The zero-order valence-corrected chi connectivity index (χ0v) is 11.2. The molecule has 1 aliphatic carbocycles. The van der Waals surface area contributed by atoms with Gasteiger partial charge in [0.15, 0.2) is 17.3 Å².